The number of rotatable bonds is 5. The fourth-order valence-corrected chi connectivity index (χ4v) is 3.50. The van der Waals surface area contributed by atoms with Gasteiger partial charge in [0.2, 0.25) is 11.8 Å². The Balaban J connectivity index is 1.54. The molecule has 1 saturated heterocycles. The van der Waals surface area contributed by atoms with Crippen LogP contribution in [0.2, 0.25) is 0 Å². The molecule has 2 aromatic rings. The van der Waals surface area contributed by atoms with E-state index in [4.69, 9.17) is 4.74 Å². The zero-order valence-corrected chi connectivity index (χ0v) is 16.8. The van der Waals surface area contributed by atoms with Crippen molar-refractivity contribution < 1.29 is 19.1 Å². The number of methoxy groups -OCH3 is 1. The molecule has 1 aliphatic rings. The SMILES string of the molecule is COC(=O)c1ccccc1NC(=O)C1CCN(C(=O)Cc2ccc(C)cc2)CC1. The molecule has 6 heteroatoms. The van der Waals surface area contributed by atoms with Gasteiger partial charge in [0.15, 0.2) is 0 Å². The lowest BCUT2D eigenvalue weighted by Gasteiger charge is -2.31. The minimum atomic E-state index is -0.488. The van der Waals surface area contributed by atoms with E-state index in [-0.39, 0.29) is 17.7 Å². The zero-order valence-electron chi connectivity index (χ0n) is 16.8. The molecule has 0 aromatic heterocycles. The number of ether oxygens (including phenoxy) is 1. The highest BCUT2D eigenvalue weighted by Gasteiger charge is 2.28. The summed E-state index contributed by atoms with van der Waals surface area (Å²) >= 11 is 0. The molecule has 29 heavy (non-hydrogen) atoms. The molecule has 0 saturated carbocycles. The Labute approximate surface area is 170 Å². The molecule has 0 unspecified atom stereocenters. The van der Waals surface area contributed by atoms with Gasteiger partial charge in [0.05, 0.1) is 24.8 Å². The maximum absolute atomic E-state index is 12.7. The van der Waals surface area contributed by atoms with Gasteiger partial charge in [-0.2, -0.15) is 0 Å². The smallest absolute Gasteiger partial charge is 0.339 e. The number of para-hydroxylation sites is 1. The summed E-state index contributed by atoms with van der Waals surface area (Å²) in [6.07, 6.45) is 1.58. The van der Waals surface area contributed by atoms with Crippen molar-refractivity contribution in [2.24, 2.45) is 5.92 Å². The number of nitrogens with zero attached hydrogens (tertiary/aromatic N) is 1. The molecule has 0 aliphatic carbocycles. The maximum Gasteiger partial charge on any atom is 0.339 e. The number of anilines is 1. The van der Waals surface area contributed by atoms with Gasteiger partial charge in [-0.15, -0.1) is 0 Å². The Kier molecular flexibility index (Phi) is 6.65. The number of hydrogen-bond donors (Lipinski definition) is 1. The Morgan fingerprint density at radius 1 is 1.03 bits per heavy atom. The summed E-state index contributed by atoms with van der Waals surface area (Å²) in [7, 11) is 1.31. The molecule has 2 amide bonds. The first-order valence-electron chi connectivity index (χ1n) is 9.79. The third-order valence-electron chi connectivity index (χ3n) is 5.28. The topological polar surface area (TPSA) is 75.7 Å². The second-order valence-electron chi connectivity index (χ2n) is 7.34. The lowest BCUT2D eigenvalue weighted by molar-refractivity contribution is -0.133. The Morgan fingerprint density at radius 2 is 1.69 bits per heavy atom. The van der Waals surface area contributed by atoms with Crippen molar-refractivity contribution >= 4 is 23.5 Å². The predicted molar refractivity (Wildman–Crippen MR) is 111 cm³/mol. The molecule has 1 heterocycles. The summed E-state index contributed by atoms with van der Waals surface area (Å²) in [5, 5.41) is 2.84. The highest BCUT2D eigenvalue weighted by Crippen LogP contribution is 2.22. The summed E-state index contributed by atoms with van der Waals surface area (Å²) in [6, 6.07) is 14.8. The van der Waals surface area contributed by atoms with Crippen LogP contribution in [0.15, 0.2) is 48.5 Å². The summed E-state index contributed by atoms with van der Waals surface area (Å²) in [6.45, 7) is 3.13. The van der Waals surface area contributed by atoms with Gasteiger partial charge in [-0.25, -0.2) is 4.79 Å². The number of piperidine rings is 1. The fourth-order valence-electron chi connectivity index (χ4n) is 3.50. The van der Waals surface area contributed by atoms with Crippen LogP contribution in [0.5, 0.6) is 0 Å². The van der Waals surface area contributed by atoms with Gasteiger partial charge < -0.3 is 15.0 Å². The molecule has 1 N–H and O–H groups in total. The third-order valence-corrected chi connectivity index (χ3v) is 5.28. The number of hydrogen-bond acceptors (Lipinski definition) is 4. The van der Waals surface area contributed by atoms with Crippen LogP contribution in [0.4, 0.5) is 5.69 Å². The molecule has 0 radical (unpaired) electrons. The number of esters is 1. The molecule has 2 aromatic carbocycles. The number of amides is 2. The number of likely N-dealkylation sites (tertiary alicyclic amines) is 1. The van der Waals surface area contributed by atoms with E-state index in [2.05, 4.69) is 5.32 Å². The number of carbonyl (C=O) groups is 3. The molecule has 0 atom stereocenters. The largest absolute Gasteiger partial charge is 0.465 e. The molecule has 152 valence electrons. The first kappa shape index (κ1) is 20.6. The Bertz CT molecular complexity index is 884. The van der Waals surface area contributed by atoms with E-state index in [0.29, 0.717) is 43.6 Å². The molecule has 1 fully saturated rings. The maximum atomic E-state index is 12.7. The van der Waals surface area contributed by atoms with Crippen molar-refractivity contribution in [3.8, 4) is 0 Å². The summed E-state index contributed by atoms with van der Waals surface area (Å²) in [5.41, 5.74) is 2.94. The van der Waals surface area contributed by atoms with Gasteiger partial charge >= 0.3 is 5.97 Å². The lowest BCUT2D eigenvalue weighted by atomic mass is 9.95. The van der Waals surface area contributed by atoms with E-state index in [0.717, 1.165) is 5.56 Å². The van der Waals surface area contributed by atoms with Crippen molar-refractivity contribution in [3.05, 3.63) is 65.2 Å². The van der Waals surface area contributed by atoms with E-state index in [1.165, 1.54) is 12.7 Å². The van der Waals surface area contributed by atoms with Crippen LogP contribution in [0.1, 0.15) is 34.3 Å². The number of nitrogens with one attached hydrogen (secondary N) is 1. The quantitative estimate of drug-likeness (QED) is 0.790. The highest BCUT2D eigenvalue weighted by molar-refractivity contribution is 6.01. The Hall–Kier alpha value is -3.15. The van der Waals surface area contributed by atoms with Crippen molar-refractivity contribution in [2.45, 2.75) is 26.2 Å². The summed E-state index contributed by atoms with van der Waals surface area (Å²) in [4.78, 5) is 38.9. The third kappa shape index (κ3) is 5.22. The second-order valence-corrected chi connectivity index (χ2v) is 7.34. The fraction of sp³-hybridized carbons (Fsp3) is 0.348. The average Bonchev–Trinajstić information content (AvgIpc) is 2.75. The normalized spacial score (nSPS) is 14.3. The average molecular weight is 394 g/mol. The van der Waals surface area contributed by atoms with Crippen LogP contribution in [-0.2, 0) is 20.7 Å². The van der Waals surface area contributed by atoms with Gasteiger partial charge in [-0.3, -0.25) is 9.59 Å². The minimum absolute atomic E-state index is 0.0868. The van der Waals surface area contributed by atoms with Gasteiger partial charge in [0.1, 0.15) is 0 Å². The molecular formula is C23H26N2O4. The minimum Gasteiger partial charge on any atom is -0.465 e. The van der Waals surface area contributed by atoms with E-state index in [1.807, 2.05) is 36.1 Å². The molecule has 0 spiro atoms. The van der Waals surface area contributed by atoms with Gasteiger partial charge in [0, 0.05) is 19.0 Å². The van der Waals surface area contributed by atoms with Crippen molar-refractivity contribution in [1.29, 1.82) is 0 Å². The van der Waals surface area contributed by atoms with E-state index >= 15 is 0 Å². The summed E-state index contributed by atoms with van der Waals surface area (Å²) < 4.78 is 4.77. The van der Waals surface area contributed by atoms with Crippen LogP contribution < -0.4 is 5.32 Å². The summed E-state index contributed by atoms with van der Waals surface area (Å²) in [5.74, 6) is -0.725. The van der Waals surface area contributed by atoms with Crippen LogP contribution in [0, 0.1) is 12.8 Å². The number of carbonyl (C=O) groups excluding carboxylic acids is 3. The van der Waals surface area contributed by atoms with Crippen molar-refractivity contribution in [3.63, 3.8) is 0 Å². The van der Waals surface area contributed by atoms with Crippen LogP contribution >= 0.6 is 0 Å². The van der Waals surface area contributed by atoms with Gasteiger partial charge in [0.25, 0.3) is 0 Å². The van der Waals surface area contributed by atoms with Crippen molar-refractivity contribution in [1.82, 2.24) is 4.90 Å². The van der Waals surface area contributed by atoms with Crippen LogP contribution in [-0.4, -0.2) is 42.9 Å². The van der Waals surface area contributed by atoms with Gasteiger partial charge in [-0.05, 0) is 37.5 Å². The first-order chi connectivity index (χ1) is 14.0. The van der Waals surface area contributed by atoms with E-state index < -0.39 is 5.97 Å². The molecule has 0 bridgehead atoms. The highest BCUT2D eigenvalue weighted by atomic mass is 16.5. The van der Waals surface area contributed by atoms with E-state index in [1.54, 1.807) is 24.3 Å². The number of benzene rings is 2. The predicted octanol–water partition coefficient (Wildman–Crippen LogP) is 3.20. The number of aryl methyl sites for hydroxylation is 1. The molecular weight excluding hydrogens is 368 g/mol. The standard InChI is InChI=1S/C23H26N2O4/c1-16-7-9-17(10-8-16)15-21(26)25-13-11-18(12-14-25)22(27)24-20-6-4-3-5-19(20)23(28)29-2/h3-10,18H,11-15H2,1-2H3,(H,24,27). The van der Waals surface area contributed by atoms with Crippen LogP contribution in [0.3, 0.4) is 0 Å². The van der Waals surface area contributed by atoms with Crippen molar-refractivity contribution in [2.75, 3.05) is 25.5 Å². The zero-order chi connectivity index (χ0) is 20.8. The first-order valence-corrected chi connectivity index (χ1v) is 9.79. The molecule has 3 rings (SSSR count). The monoisotopic (exact) mass is 394 g/mol. The van der Waals surface area contributed by atoms with E-state index in [9.17, 15) is 14.4 Å². The molecule has 6 nitrogen and oxygen atoms in total. The van der Waals surface area contributed by atoms with Crippen LogP contribution in [0.25, 0.3) is 0 Å². The molecule has 1 aliphatic heterocycles. The second kappa shape index (κ2) is 9.37. The Morgan fingerprint density at radius 3 is 2.34 bits per heavy atom. The van der Waals surface area contributed by atoms with Gasteiger partial charge in [-0.1, -0.05) is 42.0 Å². The lowest BCUT2D eigenvalue weighted by Crippen LogP contribution is -2.42.